The van der Waals surface area contributed by atoms with Gasteiger partial charge in [-0.15, -0.1) is 0 Å². The molecular weight excluding hydrogens is 414 g/mol. The van der Waals surface area contributed by atoms with E-state index < -0.39 is 112 Å². The van der Waals surface area contributed by atoms with Crippen LogP contribution in [-0.4, -0.2) is 35.1 Å². The van der Waals surface area contributed by atoms with Crippen LogP contribution in [0.25, 0.3) is 10.9 Å². The van der Waals surface area contributed by atoms with Gasteiger partial charge in [0.25, 0.3) is 0 Å². The van der Waals surface area contributed by atoms with Crippen LogP contribution in [0.2, 0.25) is 0 Å². The van der Waals surface area contributed by atoms with Crippen molar-refractivity contribution in [2.75, 3.05) is 17.2 Å². The van der Waals surface area contributed by atoms with Gasteiger partial charge in [0, 0.05) is 50.9 Å². The number of primary sulfonamides is 1. The van der Waals surface area contributed by atoms with Gasteiger partial charge < -0.3 is 10.2 Å². The number of nitrogens with one attached hydrogen (secondary N) is 1. The molecule has 4 rings (SSSR count). The molecule has 10 heteroatoms. The second-order valence-electron chi connectivity index (χ2n) is 6.24. The third-order valence-corrected chi connectivity index (χ3v) is 5.02. The number of aromatic nitrogens is 4. The summed E-state index contributed by atoms with van der Waals surface area (Å²) >= 11 is 0. The van der Waals surface area contributed by atoms with Crippen LogP contribution in [0.15, 0.2) is 53.4 Å². The van der Waals surface area contributed by atoms with Gasteiger partial charge in [-0.25, -0.2) is 18.5 Å². The first kappa shape index (κ1) is 9.75. The Hall–Kier alpha value is -3.50. The fourth-order valence-electron chi connectivity index (χ4n) is 2.57. The Morgan fingerprint density at radius 2 is 2.06 bits per heavy atom. The predicted octanol–water partition coefficient (Wildman–Crippen LogP) is 3.14. The number of hydrogen-bond acceptors (Lipinski definition) is 7. The molecule has 3 N–H and O–H groups in total. The Morgan fingerprint density at radius 3 is 2.81 bits per heavy atom. The van der Waals surface area contributed by atoms with Crippen molar-refractivity contribution in [2.45, 2.75) is 18.7 Å². The number of benzene rings is 2. The standard InChI is InChI=1S/C21H23N7O2S/c1-13-5-6-15(11-19(13)31(22,29)30)24-21-23-10-9-20(25-21)27(3)16-7-8-17-14(2)28(4)26-18(17)12-16/h5-12H,1-4H3,(H2,22,29,30)(H,23,24,25)/i2D3,3D3,5D,6D,7D,8D,9D,10D,11D,12D. The molecule has 0 saturated heterocycles. The average molecular weight is 452 g/mol. The van der Waals surface area contributed by atoms with Crippen LogP contribution in [0.5, 0.6) is 0 Å². The summed E-state index contributed by atoms with van der Waals surface area (Å²) in [5, 5.41) is 11.1. The quantitative estimate of drug-likeness (QED) is 0.478. The minimum atomic E-state index is -4.58. The SMILES string of the molecule is [2H]c1nc(Nc2c([2H])c([2H])c(C)c(S(N)(=O)=O)c2[2H])nc(N(c2c([2H])c([2H])c3c(C([2H])([2H])[2H])n(C)nc3c2[2H])C([2H])([2H])[2H])c1[2H]. The maximum Gasteiger partial charge on any atom is 0.238 e. The summed E-state index contributed by atoms with van der Waals surface area (Å²) < 4.78 is 140. The van der Waals surface area contributed by atoms with Crippen molar-refractivity contribution < 1.29 is 27.6 Å². The van der Waals surface area contributed by atoms with Crippen molar-refractivity contribution >= 4 is 44.1 Å². The molecule has 0 spiro atoms. The molecule has 0 radical (unpaired) electrons. The summed E-state index contributed by atoms with van der Waals surface area (Å²) in [6, 6.07) is -5.64. The van der Waals surface area contributed by atoms with E-state index in [9.17, 15) is 8.42 Å². The van der Waals surface area contributed by atoms with Gasteiger partial charge in [0.05, 0.1) is 21.4 Å². The third kappa shape index (κ3) is 4.07. The summed E-state index contributed by atoms with van der Waals surface area (Å²) in [7, 11) is -3.34. The lowest BCUT2D eigenvalue weighted by atomic mass is 10.2. The molecular formula is C21H23N7O2S. The van der Waals surface area contributed by atoms with Gasteiger partial charge >= 0.3 is 0 Å². The van der Waals surface area contributed by atoms with Crippen LogP contribution in [0, 0.1) is 13.8 Å². The molecule has 0 atom stereocenters. The van der Waals surface area contributed by atoms with Crippen molar-refractivity contribution in [1.29, 1.82) is 0 Å². The fourth-order valence-corrected chi connectivity index (χ4v) is 3.29. The van der Waals surface area contributed by atoms with E-state index in [0.717, 1.165) is 4.68 Å². The zero-order valence-corrected chi connectivity index (χ0v) is 16.9. The van der Waals surface area contributed by atoms with Gasteiger partial charge in [0.1, 0.15) is 5.82 Å². The Labute approximate surface area is 200 Å². The second-order valence-corrected chi connectivity index (χ2v) is 7.73. The van der Waals surface area contributed by atoms with Crippen molar-refractivity contribution in [2.24, 2.45) is 12.2 Å². The monoisotopic (exact) mass is 451 g/mol. The maximum absolute atomic E-state index is 12.2. The maximum atomic E-state index is 12.2. The zero-order chi connectivity index (χ0) is 34.3. The molecule has 0 aliphatic rings. The average Bonchev–Trinajstić information content (AvgIpc) is 3.25. The summed E-state index contributed by atoms with van der Waals surface area (Å²) in [6.07, 6.45) is -0.924. The number of fused-ring (bicyclic) bond motifs is 1. The molecule has 0 unspecified atom stereocenters. The minimum absolute atomic E-state index is 0.232. The van der Waals surface area contributed by atoms with Crippen molar-refractivity contribution in [1.82, 2.24) is 19.7 Å². The molecule has 0 saturated carbocycles. The Kier molecular flexibility index (Phi) is 2.40. The smallest absolute Gasteiger partial charge is 0.238 e. The number of anilines is 4. The number of nitrogens with two attached hydrogens (primary N) is 1. The van der Waals surface area contributed by atoms with E-state index in [2.05, 4.69) is 20.4 Å². The van der Waals surface area contributed by atoms with Gasteiger partial charge in [0.15, 0.2) is 0 Å². The van der Waals surface area contributed by atoms with E-state index in [1.54, 1.807) is 0 Å². The van der Waals surface area contributed by atoms with E-state index in [1.807, 2.05) is 0 Å². The number of rotatable bonds is 5. The number of sulfonamides is 1. The van der Waals surface area contributed by atoms with Crippen LogP contribution in [0.3, 0.4) is 0 Å². The largest absolute Gasteiger partial charge is 0.329 e. The van der Waals surface area contributed by atoms with E-state index >= 15 is 0 Å². The molecule has 0 fully saturated rings. The molecule has 0 aliphatic heterocycles. The van der Waals surface area contributed by atoms with Gasteiger partial charge in [-0.1, -0.05) is 6.04 Å². The lowest BCUT2D eigenvalue weighted by molar-refractivity contribution is 0.597. The summed E-state index contributed by atoms with van der Waals surface area (Å²) in [6.45, 7) is -5.02. The van der Waals surface area contributed by atoms with Crippen LogP contribution in [-0.2, 0) is 17.1 Å². The lowest BCUT2D eigenvalue weighted by Gasteiger charge is -2.19. The van der Waals surface area contributed by atoms with Crippen molar-refractivity contribution in [3.05, 3.63) is 59.7 Å². The van der Waals surface area contributed by atoms with Crippen LogP contribution in [0.4, 0.5) is 23.1 Å². The van der Waals surface area contributed by atoms with Crippen molar-refractivity contribution in [3.63, 3.8) is 0 Å². The molecule has 9 nitrogen and oxygen atoms in total. The van der Waals surface area contributed by atoms with Crippen LogP contribution >= 0.6 is 0 Å². The van der Waals surface area contributed by atoms with Gasteiger partial charge in [-0.2, -0.15) is 10.1 Å². The zero-order valence-electron chi connectivity index (χ0n) is 30.0. The normalized spacial score (nSPS) is 18.9. The van der Waals surface area contributed by atoms with Crippen LogP contribution < -0.4 is 15.4 Å². The second kappa shape index (κ2) is 7.64. The van der Waals surface area contributed by atoms with Gasteiger partial charge in [-0.3, -0.25) is 4.68 Å². The van der Waals surface area contributed by atoms with Gasteiger partial charge in [-0.05, 0) is 55.6 Å². The fraction of sp³-hybridized carbons (Fsp3) is 0.190. The molecule has 0 bridgehead atoms. The Balaban J connectivity index is 2.03. The summed E-state index contributed by atoms with van der Waals surface area (Å²) in [4.78, 5) is 7.07. The number of nitrogens with zero attached hydrogens (tertiary/aromatic N) is 5. The number of hydrogen-bond donors (Lipinski definition) is 2. The molecule has 0 amide bonds. The first-order chi connectivity index (χ1) is 20.4. The highest BCUT2D eigenvalue weighted by Crippen LogP contribution is 2.28. The van der Waals surface area contributed by atoms with E-state index in [0.29, 0.717) is 0 Å². The summed E-state index contributed by atoms with van der Waals surface area (Å²) in [5.41, 5.74) is -2.68. The first-order valence-corrected chi connectivity index (χ1v) is 9.98. The lowest BCUT2D eigenvalue weighted by Crippen LogP contribution is -2.14. The predicted molar refractivity (Wildman–Crippen MR) is 121 cm³/mol. The summed E-state index contributed by atoms with van der Waals surface area (Å²) in [5.74, 6) is -1.65. The van der Waals surface area contributed by atoms with Crippen LogP contribution in [0.1, 0.15) is 30.4 Å². The first-order valence-electron chi connectivity index (χ1n) is 15.4. The Bertz CT molecular complexity index is 2010. The van der Waals surface area contributed by atoms with E-state index in [1.165, 1.54) is 14.0 Å². The van der Waals surface area contributed by atoms with E-state index in [4.69, 9.17) is 24.3 Å². The highest BCUT2D eigenvalue weighted by molar-refractivity contribution is 7.89. The molecule has 0 aliphatic carbocycles. The highest BCUT2D eigenvalue weighted by atomic mass is 32.2. The van der Waals surface area contributed by atoms with E-state index in [-0.39, 0.29) is 15.8 Å². The minimum Gasteiger partial charge on any atom is -0.329 e. The molecule has 31 heavy (non-hydrogen) atoms. The molecule has 4 aromatic rings. The number of aryl methyl sites for hydroxylation is 2. The Morgan fingerprint density at radius 1 is 1.23 bits per heavy atom. The highest BCUT2D eigenvalue weighted by Gasteiger charge is 2.14. The molecule has 2 aromatic carbocycles. The molecule has 2 heterocycles. The molecule has 2 aromatic heterocycles. The third-order valence-electron chi connectivity index (χ3n) is 4.04. The topological polar surface area (TPSA) is 119 Å². The van der Waals surface area contributed by atoms with Gasteiger partial charge in [0.2, 0.25) is 16.0 Å². The molecule has 160 valence electrons. The van der Waals surface area contributed by atoms with Crippen molar-refractivity contribution in [3.8, 4) is 0 Å².